The van der Waals surface area contributed by atoms with E-state index >= 15 is 0 Å². The fraction of sp³-hybridized carbons (Fsp3) is 0.385. The average molecular weight is 248 g/mol. The summed E-state index contributed by atoms with van der Waals surface area (Å²) in [6.07, 6.45) is 3.08. The van der Waals surface area contributed by atoms with E-state index in [9.17, 15) is 0 Å². The molecule has 0 amide bonds. The summed E-state index contributed by atoms with van der Waals surface area (Å²) in [5, 5.41) is 8.11. The molecule has 2 atom stereocenters. The van der Waals surface area contributed by atoms with Crippen LogP contribution in [0.3, 0.4) is 0 Å². The van der Waals surface area contributed by atoms with Crippen LogP contribution in [-0.4, -0.2) is 15.0 Å². The molecule has 17 heavy (non-hydrogen) atoms. The predicted octanol–water partition coefficient (Wildman–Crippen LogP) is 2.92. The van der Waals surface area contributed by atoms with E-state index in [0.29, 0.717) is 5.92 Å². The lowest BCUT2D eigenvalue weighted by Gasteiger charge is -2.29. The third-order valence-electron chi connectivity index (χ3n) is 3.33. The molecule has 0 bridgehead atoms. The highest BCUT2D eigenvalue weighted by molar-refractivity contribution is 6.20. The molecule has 2 unspecified atom stereocenters. The highest BCUT2D eigenvalue weighted by Gasteiger charge is 2.26. The normalized spacial score (nSPS) is 19.5. The minimum Gasteiger partial charge on any atom is -0.252 e. The molecule has 3 rings (SSSR count). The molecule has 1 heterocycles. The van der Waals surface area contributed by atoms with E-state index < -0.39 is 0 Å². The first kappa shape index (κ1) is 10.8. The molecule has 4 heteroatoms. The lowest BCUT2D eigenvalue weighted by Crippen LogP contribution is -2.22. The summed E-state index contributed by atoms with van der Waals surface area (Å²) >= 11 is 5.97. The van der Waals surface area contributed by atoms with Crippen LogP contribution >= 0.6 is 11.6 Å². The highest BCUT2D eigenvalue weighted by atomic mass is 35.5. The van der Waals surface area contributed by atoms with Gasteiger partial charge in [0.15, 0.2) is 0 Å². The van der Waals surface area contributed by atoms with Gasteiger partial charge >= 0.3 is 0 Å². The number of halogens is 1. The van der Waals surface area contributed by atoms with Crippen molar-refractivity contribution in [1.82, 2.24) is 15.0 Å². The van der Waals surface area contributed by atoms with Crippen LogP contribution < -0.4 is 0 Å². The quantitative estimate of drug-likeness (QED) is 0.781. The van der Waals surface area contributed by atoms with Crippen LogP contribution in [0, 0.1) is 0 Å². The molecule has 0 N–H and O–H groups in total. The summed E-state index contributed by atoms with van der Waals surface area (Å²) in [6, 6.07) is 8.58. The molecule has 88 valence electrons. The molecule has 0 fully saturated rings. The Kier molecular flexibility index (Phi) is 2.63. The molecule has 0 aliphatic heterocycles. The smallest absolute Gasteiger partial charge is 0.100 e. The Morgan fingerprint density at radius 2 is 2.29 bits per heavy atom. The topological polar surface area (TPSA) is 30.7 Å². The van der Waals surface area contributed by atoms with Crippen LogP contribution in [0.5, 0.6) is 0 Å². The Bertz CT molecular complexity index is 533. The van der Waals surface area contributed by atoms with Gasteiger partial charge in [0.1, 0.15) is 5.69 Å². The Labute approximate surface area is 105 Å². The number of benzene rings is 1. The van der Waals surface area contributed by atoms with Gasteiger partial charge in [0, 0.05) is 18.7 Å². The molecule has 0 radical (unpaired) electrons. The van der Waals surface area contributed by atoms with Gasteiger partial charge in [0.05, 0.1) is 5.38 Å². The van der Waals surface area contributed by atoms with E-state index in [1.165, 1.54) is 11.1 Å². The molecule has 2 aromatic rings. The first-order valence-electron chi connectivity index (χ1n) is 5.86. The zero-order chi connectivity index (χ0) is 11.8. The fourth-order valence-corrected chi connectivity index (χ4v) is 2.44. The minimum absolute atomic E-state index is 0.0718. The van der Waals surface area contributed by atoms with Crippen LogP contribution in [0.4, 0.5) is 0 Å². The molecule has 1 aromatic carbocycles. The first-order chi connectivity index (χ1) is 8.24. The second-order valence-corrected chi connectivity index (χ2v) is 5.24. The zero-order valence-electron chi connectivity index (χ0n) is 9.68. The van der Waals surface area contributed by atoms with Crippen molar-refractivity contribution in [2.75, 3.05) is 0 Å². The van der Waals surface area contributed by atoms with Gasteiger partial charge in [-0.2, -0.15) is 0 Å². The van der Waals surface area contributed by atoms with E-state index in [4.69, 9.17) is 11.6 Å². The minimum atomic E-state index is -0.0718. The van der Waals surface area contributed by atoms with Crippen molar-refractivity contribution < 1.29 is 0 Å². The van der Waals surface area contributed by atoms with Crippen molar-refractivity contribution in [3.05, 3.63) is 47.3 Å². The van der Waals surface area contributed by atoms with E-state index in [1.54, 1.807) is 0 Å². The van der Waals surface area contributed by atoms with E-state index in [1.807, 2.05) is 17.8 Å². The molecule has 0 saturated heterocycles. The Balaban J connectivity index is 1.73. The number of aromatic nitrogens is 3. The van der Waals surface area contributed by atoms with Crippen molar-refractivity contribution in [2.45, 2.75) is 31.2 Å². The largest absolute Gasteiger partial charge is 0.252 e. The Morgan fingerprint density at radius 1 is 1.47 bits per heavy atom. The summed E-state index contributed by atoms with van der Waals surface area (Å²) in [4.78, 5) is 0. The third-order valence-corrected chi connectivity index (χ3v) is 3.56. The second-order valence-electron chi connectivity index (χ2n) is 4.58. The maximum Gasteiger partial charge on any atom is 0.100 e. The number of hydrogen-bond donors (Lipinski definition) is 0. The lowest BCUT2D eigenvalue weighted by molar-refractivity contribution is 0.465. The number of rotatable bonds is 3. The third kappa shape index (κ3) is 1.95. The maximum absolute atomic E-state index is 5.97. The Hall–Kier alpha value is -1.35. The van der Waals surface area contributed by atoms with Gasteiger partial charge in [-0.15, -0.1) is 16.7 Å². The van der Waals surface area contributed by atoms with Crippen LogP contribution in [-0.2, 0) is 13.0 Å². The van der Waals surface area contributed by atoms with Gasteiger partial charge in [-0.1, -0.05) is 29.5 Å². The van der Waals surface area contributed by atoms with E-state index in [-0.39, 0.29) is 5.38 Å². The molecule has 1 aromatic heterocycles. The van der Waals surface area contributed by atoms with Crippen LogP contribution in [0.2, 0.25) is 0 Å². The van der Waals surface area contributed by atoms with Gasteiger partial charge in [-0.25, -0.2) is 0 Å². The molecular formula is C13H14ClN3. The van der Waals surface area contributed by atoms with Gasteiger partial charge < -0.3 is 0 Å². The van der Waals surface area contributed by atoms with Crippen LogP contribution in [0.15, 0.2) is 30.5 Å². The maximum atomic E-state index is 5.97. The van der Waals surface area contributed by atoms with Crippen molar-refractivity contribution in [3.8, 4) is 0 Å². The number of hydrogen-bond acceptors (Lipinski definition) is 2. The second kappa shape index (κ2) is 4.15. The van der Waals surface area contributed by atoms with Gasteiger partial charge in [-0.05, 0) is 24.5 Å². The van der Waals surface area contributed by atoms with Crippen LogP contribution in [0.1, 0.15) is 35.0 Å². The standard InChI is InChI=1S/C13H14ClN3/c1-9(14)13-8-17(16-15-13)7-11-6-10-4-2-3-5-12(10)11/h2-5,8-9,11H,6-7H2,1H3. The van der Waals surface area contributed by atoms with Crippen LogP contribution in [0.25, 0.3) is 0 Å². The number of fused-ring (bicyclic) bond motifs is 1. The van der Waals surface area contributed by atoms with Gasteiger partial charge in [-0.3, -0.25) is 4.68 Å². The molecule has 3 nitrogen and oxygen atoms in total. The first-order valence-corrected chi connectivity index (χ1v) is 6.29. The van der Waals surface area contributed by atoms with Gasteiger partial charge in [0.2, 0.25) is 0 Å². The molecule has 0 spiro atoms. The summed E-state index contributed by atoms with van der Waals surface area (Å²) < 4.78 is 1.90. The number of nitrogens with zero attached hydrogens (tertiary/aromatic N) is 3. The summed E-state index contributed by atoms with van der Waals surface area (Å²) in [6.45, 7) is 2.81. The van der Waals surface area contributed by atoms with E-state index in [0.717, 1.165) is 18.7 Å². The summed E-state index contributed by atoms with van der Waals surface area (Å²) in [5.74, 6) is 0.575. The molecule has 0 saturated carbocycles. The van der Waals surface area contributed by atoms with E-state index in [2.05, 4.69) is 34.6 Å². The van der Waals surface area contributed by atoms with Crippen molar-refractivity contribution >= 4 is 11.6 Å². The predicted molar refractivity (Wildman–Crippen MR) is 67.2 cm³/mol. The highest BCUT2D eigenvalue weighted by Crippen LogP contribution is 2.35. The molecular weight excluding hydrogens is 234 g/mol. The number of alkyl halides is 1. The summed E-state index contributed by atoms with van der Waals surface area (Å²) in [5.41, 5.74) is 3.76. The summed E-state index contributed by atoms with van der Waals surface area (Å²) in [7, 11) is 0. The van der Waals surface area contributed by atoms with Crippen molar-refractivity contribution in [1.29, 1.82) is 0 Å². The average Bonchev–Trinajstić information content (AvgIpc) is 2.75. The van der Waals surface area contributed by atoms with Crippen molar-refractivity contribution in [3.63, 3.8) is 0 Å². The fourth-order valence-electron chi connectivity index (χ4n) is 2.34. The molecule has 1 aliphatic rings. The molecule has 1 aliphatic carbocycles. The monoisotopic (exact) mass is 247 g/mol. The zero-order valence-corrected chi connectivity index (χ0v) is 10.4. The SMILES string of the molecule is CC(Cl)c1cn(CC2Cc3ccccc32)nn1. The lowest BCUT2D eigenvalue weighted by atomic mass is 9.78. The Morgan fingerprint density at radius 3 is 3.00 bits per heavy atom. The van der Waals surface area contributed by atoms with Gasteiger partial charge in [0.25, 0.3) is 0 Å². The van der Waals surface area contributed by atoms with Crippen molar-refractivity contribution in [2.24, 2.45) is 0 Å².